The lowest BCUT2D eigenvalue weighted by atomic mass is 10.0. The molecule has 0 unspecified atom stereocenters. The molecule has 1 aromatic heterocycles. The minimum absolute atomic E-state index is 0.101. The predicted molar refractivity (Wildman–Crippen MR) is 122 cm³/mol. The summed E-state index contributed by atoms with van der Waals surface area (Å²) in [5.41, 5.74) is 2.30. The fraction of sp³-hybridized carbons (Fsp3) is 0.304. The van der Waals surface area contributed by atoms with Gasteiger partial charge in [0, 0.05) is 27.7 Å². The van der Waals surface area contributed by atoms with Crippen molar-refractivity contribution in [1.82, 2.24) is 15.4 Å². The Morgan fingerprint density at radius 2 is 1.80 bits per heavy atom. The lowest BCUT2D eigenvalue weighted by molar-refractivity contribution is 0.0915. The molecule has 1 aliphatic rings. The van der Waals surface area contributed by atoms with E-state index in [0.717, 1.165) is 28.7 Å². The molecule has 1 fully saturated rings. The van der Waals surface area contributed by atoms with Crippen molar-refractivity contribution >= 4 is 33.4 Å². The summed E-state index contributed by atoms with van der Waals surface area (Å²) < 4.78 is 6.36. The highest BCUT2D eigenvalue weighted by atomic mass is 79.9. The molecule has 156 valence electrons. The monoisotopic (exact) mass is 487 g/mol. The molecule has 30 heavy (non-hydrogen) atoms. The van der Waals surface area contributed by atoms with Crippen LogP contribution in [-0.4, -0.2) is 35.6 Å². The Morgan fingerprint density at radius 1 is 1.10 bits per heavy atom. The summed E-state index contributed by atoms with van der Waals surface area (Å²) in [5.74, 6) is 0.330. The molecular weight excluding hydrogens is 466 g/mol. The van der Waals surface area contributed by atoms with Gasteiger partial charge in [0.1, 0.15) is 0 Å². The van der Waals surface area contributed by atoms with Crippen LogP contribution in [0, 0.1) is 0 Å². The predicted octanol–water partition coefficient (Wildman–Crippen LogP) is 5.71. The number of carbonyl (C=O) groups is 1. The maximum absolute atomic E-state index is 12.7. The topological polar surface area (TPSA) is 58.4 Å². The molecule has 1 N–H and O–H groups in total. The van der Waals surface area contributed by atoms with Crippen LogP contribution in [0.3, 0.4) is 0 Å². The van der Waals surface area contributed by atoms with Gasteiger partial charge in [-0.2, -0.15) is 0 Å². The van der Waals surface area contributed by atoms with Gasteiger partial charge in [0.25, 0.3) is 5.91 Å². The molecule has 0 saturated carbocycles. The maximum Gasteiger partial charge on any atom is 0.273 e. The molecule has 2 aromatic carbocycles. The van der Waals surface area contributed by atoms with Crippen molar-refractivity contribution in [1.29, 1.82) is 0 Å². The number of aromatic nitrogens is 1. The van der Waals surface area contributed by atoms with E-state index in [4.69, 9.17) is 16.1 Å². The van der Waals surface area contributed by atoms with E-state index in [9.17, 15) is 4.79 Å². The molecule has 1 atom stereocenters. The first-order valence-electron chi connectivity index (χ1n) is 10.1. The zero-order valence-corrected chi connectivity index (χ0v) is 18.8. The third kappa shape index (κ3) is 5.12. The second-order valence-electron chi connectivity index (χ2n) is 7.46. The molecule has 0 bridgehead atoms. The number of hydrogen-bond acceptors (Lipinski definition) is 4. The van der Waals surface area contributed by atoms with Gasteiger partial charge < -0.3 is 9.84 Å². The van der Waals surface area contributed by atoms with Crippen LogP contribution in [-0.2, 0) is 0 Å². The first-order chi connectivity index (χ1) is 14.6. The van der Waals surface area contributed by atoms with Gasteiger partial charge in [-0.05, 0) is 55.8 Å². The number of amides is 1. The van der Waals surface area contributed by atoms with E-state index in [2.05, 4.69) is 31.3 Å². The average Bonchev–Trinajstić information content (AvgIpc) is 3.27. The first kappa shape index (κ1) is 21.1. The third-order valence-electron chi connectivity index (χ3n) is 5.41. The second kappa shape index (κ2) is 9.77. The zero-order valence-electron chi connectivity index (χ0n) is 16.5. The molecule has 0 aliphatic carbocycles. The van der Waals surface area contributed by atoms with E-state index in [1.165, 1.54) is 19.3 Å². The molecule has 0 spiro atoms. The fourth-order valence-corrected chi connectivity index (χ4v) is 4.18. The quantitative estimate of drug-likeness (QED) is 0.482. The number of benzene rings is 2. The Labute approximate surface area is 189 Å². The SMILES string of the molecule is O=C(NC[C@H](c1ccc(Cl)cc1)N1CCCCC1)c1cc(-c2ccc(Br)cc2)on1. The van der Waals surface area contributed by atoms with E-state index in [-0.39, 0.29) is 17.6 Å². The molecule has 1 saturated heterocycles. The van der Waals surface area contributed by atoms with Crippen molar-refractivity contribution in [3.63, 3.8) is 0 Å². The molecular formula is C23H23BrClN3O2. The van der Waals surface area contributed by atoms with Crippen LogP contribution in [0.5, 0.6) is 0 Å². The highest BCUT2D eigenvalue weighted by Crippen LogP contribution is 2.26. The number of likely N-dealkylation sites (tertiary alicyclic amines) is 1. The summed E-state index contributed by atoms with van der Waals surface area (Å²) in [6.07, 6.45) is 3.61. The number of nitrogens with one attached hydrogen (secondary N) is 1. The van der Waals surface area contributed by atoms with Crippen molar-refractivity contribution in [3.8, 4) is 11.3 Å². The summed E-state index contributed by atoms with van der Waals surface area (Å²) in [6.45, 7) is 2.56. The number of piperidine rings is 1. The van der Waals surface area contributed by atoms with Gasteiger partial charge >= 0.3 is 0 Å². The van der Waals surface area contributed by atoms with Crippen molar-refractivity contribution in [2.24, 2.45) is 0 Å². The van der Waals surface area contributed by atoms with Crippen LogP contribution >= 0.6 is 27.5 Å². The molecule has 7 heteroatoms. The van der Waals surface area contributed by atoms with Crippen LogP contribution in [0.4, 0.5) is 0 Å². The molecule has 1 aliphatic heterocycles. The highest BCUT2D eigenvalue weighted by molar-refractivity contribution is 9.10. The number of hydrogen-bond donors (Lipinski definition) is 1. The smallest absolute Gasteiger partial charge is 0.273 e. The summed E-state index contributed by atoms with van der Waals surface area (Å²) >= 11 is 9.48. The standard InChI is InChI=1S/C23H23BrClN3O2/c24-18-8-4-17(5-9-18)22-14-20(27-30-22)23(29)26-15-21(28-12-2-1-3-13-28)16-6-10-19(25)11-7-16/h4-11,14,21H,1-3,12-13,15H2,(H,26,29)/t21-/m1/s1. The number of rotatable bonds is 6. The lowest BCUT2D eigenvalue weighted by Gasteiger charge is -2.35. The van der Waals surface area contributed by atoms with Crippen LogP contribution in [0.25, 0.3) is 11.3 Å². The fourth-order valence-electron chi connectivity index (χ4n) is 3.79. The Hall–Kier alpha value is -2.15. The average molecular weight is 489 g/mol. The van der Waals surface area contributed by atoms with Gasteiger partial charge in [0.05, 0.1) is 6.04 Å². The van der Waals surface area contributed by atoms with Crippen LogP contribution in [0.1, 0.15) is 41.4 Å². The van der Waals surface area contributed by atoms with Gasteiger partial charge in [-0.3, -0.25) is 9.69 Å². The summed E-state index contributed by atoms with van der Waals surface area (Å²) in [4.78, 5) is 15.2. The zero-order chi connectivity index (χ0) is 20.9. The normalized spacial score (nSPS) is 15.7. The van der Waals surface area contributed by atoms with Gasteiger partial charge in [-0.15, -0.1) is 0 Å². The van der Waals surface area contributed by atoms with Gasteiger partial charge in [0.15, 0.2) is 11.5 Å². The highest BCUT2D eigenvalue weighted by Gasteiger charge is 2.24. The Balaban J connectivity index is 1.45. The Bertz CT molecular complexity index is 982. The molecule has 4 rings (SSSR count). The summed E-state index contributed by atoms with van der Waals surface area (Å²) in [6, 6.07) is 17.3. The van der Waals surface area contributed by atoms with Gasteiger partial charge in [0.2, 0.25) is 0 Å². The Kier molecular flexibility index (Phi) is 6.87. The maximum atomic E-state index is 12.7. The largest absolute Gasteiger partial charge is 0.355 e. The van der Waals surface area contributed by atoms with Gasteiger partial charge in [-0.25, -0.2) is 0 Å². The number of nitrogens with zero attached hydrogens (tertiary/aromatic N) is 2. The van der Waals surface area contributed by atoms with Crippen molar-refractivity contribution in [2.75, 3.05) is 19.6 Å². The van der Waals surface area contributed by atoms with E-state index >= 15 is 0 Å². The molecule has 2 heterocycles. The van der Waals surface area contributed by atoms with Crippen LogP contribution in [0.15, 0.2) is 63.6 Å². The van der Waals surface area contributed by atoms with E-state index in [1.807, 2.05) is 48.5 Å². The molecule has 1 amide bonds. The number of halogens is 2. The number of carbonyl (C=O) groups excluding carboxylic acids is 1. The minimum atomic E-state index is -0.238. The first-order valence-corrected chi connectivity index (χ1v) is 11.3. The van der Waals surface area contributed by atoms with Crippen molar-refractivity contribution < 1.29 is 9.32 Å². The van der Waals surface area contributed by atoms with Gasteiger partial charge in [-0.1, -0.05) is 63.4 Å². The lowest BCUT2D eigenvalue weighted by Crippen LogP contribution is -2.40. The Morgan fingerprint density at radius 3 is 2.50 bits per heavy atom. The molecule has 5 nitrogen and oxygen atoms in total. The molecule has 3 aromatic rings. The van der Waals surface area contributed by atoms with Crippen molar-refractivity contribution in [2.45, 2.75) is 25.3 Å². The van der Waals surface area contributed by atoms with Crippen LogP contribution < -0.4 is 5.32 Å². The summed E-state index contributed by atoms with van der Waals surface area (Å²) in [5, 5.41) is 7.71. The minimum Gasteiger partial charge on any atom is -0.355 e. The summed E-state index contributed by atoms with van der Waals surface area (Å²) in [7, 11) is 0. The van der Waals surface area contributed by atoms with E-state index in [1.54, 1.807) is 6.07 Å². The third-order valence-corrected chi connectivity index (χ3v) is 6.19. The molecule has 0 radical (unpaired) electrons. The second-order valence-corrected chi connectivity index (χ2v) is 8.81. The van der Waals surface area contributed by atoms with E-state index < -0.39 is 0 Å². The van der Waals surface area contributed by atoms with Crippen molar-refractivity contribution in [3.05, 3.63) is 75.4 Å². The van der Waals surface area contributed by atoms with Crippen LogP contribution in [0.2, 0.25) is 5.02 Å². The van der Waals surface area contributed by atoms with E-state index in [0.29, 0.717) is 17.3 Å².